The SMILES string of the molecule is COc1ccc(C(N)CCC(C)C)c(Cl)c1. The minimum absolute atomic E-state index is 0.0146. The van der Waals surface area contributed by atoms with E-state index in [1.54, 1.807) is 7.11 Å². The smallest absolute Gasteiger partial charge is 0.120 e. The van der Waals surface area contributed by atoms with Crippen LogP contribution in [0.5, 0.6) is 5.75 Å². The molecule has 2 N–H and O–H groups in total. The van der Waals surface area contributed by atoms with Crippen molar-refractivity contribution in [2.75, 3.05) is 7.11 Å². The average Bonchev–Trinajstić information content (AvgIpc) is 2.25. The molecule has 0 aliphatic carbocycles. The first-order chi connectivity index (χ1) is 7.54. The zero-order valence-electron chi connectivity index (χ0n) is 10.2. The standard InChI is InChI=1S/C13H20ClNO/c1-9(2)4-7-13(15)11-6-5-10(16-3)8-12(11)14/h5-6,8-9,13H,4,7,15H2,1-3H3. The molecule has 90 valence electrons. The summed E-state index contributed by atoms with van der Waals surface area (Å²) in [5, 5.41) is 0.690. The third-order valence-electron chi connectivity index (χ3n) is 2.66. The van der Waals surface area contributed by atoms with Gasteiger partial charge in [0.2, 0.25) is 0 Å². The molecule has 0 saturated carbocycles. The normalized spacial score (nSPS) is 12.9. The Labute approximate surface area is 103 Å². The lowest BCUT2D eigenvalue weighted by Gasteiger charge is -2.15. The molecule has 1 aromatic carbocycles. The molecule has 1 atom stereocenters. The summed E-state index contributed by atoms with van der Waals surface area (Å²) in [7, 11) is 1.63. The highest BCUT2D eigenvalue weighted by Gasteiger charge is 2.11. The van der Waals surface area contributed by atoms with Crippen molar-refractivity contribution in [3.05, 3.63) is 28.8 Å². The molecule has 1 unspecified atom stereocenters. The molecule has 0 radical (unpaired) electrons. The molecule has 0 amide bonds. The van der Waals surface area contributed by atoms with Crippen molar-refractivity contribution in [2.24, 2.45) is 11.7 Å². The number of benzene rings is 1. The van der Waals surface area contributed by atoms with Gasteiger partial charge in [0.05, 0.1) is 7.11 Å². The molecular weight excluding hydrogens is 222 g/mol. The maximum atomic E-state index is 6.16. The third kappa shape index (κ3) is 3.69. The molecule has 0 bridgehead atoms. The second kappa shape index (κ2) is 6.12. The number of halogens is 1. The van der Waals surface area contributed by atoms with Crippen LogP contribution in [0.3, 0.4) is 0 Å². The van der Waals surface area contributed by atoms with Crippen LogP contribution < -0.4 is 10.5 Å². The van der Waals surface area contributed by atoms with Crippen LogP contribution in [0.25, 0.3) is 0 Å². The predicted octanol–water partition coefficient (Wildman–Crippen LogP) is 3.78. The second-order valence-corrected chi connectivity index (χ2v) is 4.87. The highest BCUT2D eigenvalue weighted by Crippen LogP contribution is 2.28. The Hall–Kier alpha value is -0.730. The van der Waals surface area contributed by atoms with Gasteiger partial charge in [-0.3, -0.25) is 0 Å². The maximum Gasteiger partial charge on any atom is 0.120 e. The topological polar surface area (TPSA) is 35.2 Å². The third-order valence-corrected chi connectivity index (χ3v) is 2.99. The molecule has 3 heteroatoms. The molecule has 0 aliphatic heterocycles. The molecule has 0 aliphatic rings. The number of ether oxygens (including phenoxy) is 1. The summed E-state index contributed by atoms with van der Waals surface area (Å²) in [6.45, 7) is 4.39. The summed E-state index contributed by atoms with van der Waals surface area (Å²) < 4.78 is 5.10. The van der Waals surface area contributed by atoms with E-state index in [0.29, 0.717) is 10.9 Å². The van der Waals surface area contributed by atoms with Crippen LogP contribution in [0, 0.1) is 5.92 Å². The molecule has 1 aromatic rings. The van der Waals surface area contributed by atoms with E-state index in [2.05, 4.69) is 13.8 Å². The fourth-order valence-electron chi connectivity index (χ4n) is 1.60. The van der Waals surface area contributed by atoms with Crippen molar-refractivity contribution in [1.29, 1.82) is 0 Å². The summed E-state index contributed by atoms with van der Waals surface area (Å²) in [6.07, 6.45) is 2.08. The summed E-state index contributed by atoms with van der Waals surface area (Å²) in [5.41, 5.74) is 7.11. The van der Waals surface area contributed by atoms with E-state index in [1.807, 2.05) is 18.2 Å². The Morgan fingerprint density at radius 3 is 2.50 bits per heavy atom. The number of hydrogen-bond acceptors (Lipinski definition) is 2. The van der Waals surface area contributed by atoms with Gasteiger partial charge in [-0.25, -0.2) is 0 Å². The van der Waals surface area contributed by atoms with Gasteiger partial charge in [0.1, 0.15) is 5.75 Å². The first-order valence-corrected chi connectivity index (χ1v) is 6.01. The Morgan fingerprint density at radius 2 is 2.00 bits per heavy atom. The van der Waals surface area contributed by atoms with Crippen molar-refractivity contribution in [2.45, 2.75) is 32.7 Å². The van der Waals surface area contributed by atoms with Crippen molar-refractivity contribution in [1.82, 2.24) is 0 Å². The molecule has 0 spiro atoms. The number of rotatable bonds is 5. The quantitative estimate of drug-likeness (QED) is 0.852. The van der Waals surface area contributed by atoms with E-state index in [1.165, 1.54) is 0 Å². The van der Waals surface area contributed by atoms with Crippen LogP contribution in [0.15, 0.2) is 18.2 Å². The van der Waals surface area contributed by atoms with Crippen LogP contribution in [-0.2, 0) is 0 Å². The Balaban J connectivity index is 2.71. The van der Waals surface area contributed by atoms with Gasteiger partial charge in [-0.2, -0.15) is 0 Å². The van der Waals surface area contributed by atoms with Gasteiger partial charge in [0, 0.05) is 11.1 Å². The Morgan fingerprint density at radius 1 is 1.31 bits per heavy atom. The van der Waals surface area contributed by atoms with Gasteiger partial charge in [0.15, 0.2) is 0 Å². The average molecular weight is 242 g/mol. The summed E-state index contributed by atoms with van der Waals surface area (Å²) in [4.78, 5) is 0. The van der Waals surface area contributed by atoms with Crippen LogP contribution in [0.2, 0.25) is 5.02 Å². The fourth-order valence-corrected chi connectivity index (χ4v) is 1.91. The van der Waals surface area contributed by atoms with E-state index in [0.717, 1.165) is 24.2 Å². The van der Waals surface area contributed by atoms with Crippen molar-refractivity contribution >= 4 is 11.6 Å². The van der Waals surface area contributed by atoms with E-state index in [9.17, 15) is 0 Å². The summed E-state index contributed by atoms with van der Waals surface area (Å²) >= 11 is 6.16. The van der Waals surface area contributed by atoms with Gasteiger partial charge < -0.3 is 10.5 Å². The minimum atomic E-state index is 0.0146. The number of nitrogens with two attached hydrogens (primary N) is 1. The lowest BCUT2D eigenvalue weighted by atomic mass is 9.98. The largest absolute Gasteiger partial charge is 0.497 e. The fraction of sp³-hybridized carbons (Fsp3) is 0.538. The molecule has 0 aromatic heterocycles. The van der Waals surface area contributed by atoms with Crippen LogP contribution in [0.4, 0.5) is 0 Å². The molecule has 16 heavy (non-hydrogen) atoms. The molecule has 1 rings (SSSR count). The van der Waals surface area contributed by atoms with Crippen molar-refractivity contribution < 1.29 is 4.74 Å². The Kier molecular flexibility index (Phi) is 5.10. The molecule has 0 fully saturated rings. The van der Waals surface area contributed by atoms with Gasteiger partial charge in [-0.15, -0.1) is 0 Å². The van der Waals surface area contributed by atoms with Gasteiger partial charge >= 0.3 is 0 Å². The van der Waals surface area contributed by atoms with Gasteiger partial charge in [-0.1, -0.05) is 31.5 Å². The number of methoxy groups -OCH3 is 1. The molecular formula is C13H20ClNO. The van der Waals surface area contributed by atoms with E-state index < -0.39 is 0 Å². The first kappa shape index (κ1) is 13.3. The summed E-state index contributed by atoms with van der Waals surface area (Å²) in [6, 6.07) is 5.68. The predicted molar refractivity (Wildman–Crippen MR) is 69.0 cm³/mol. The molecule has 2 nitrogen and oxygen atoms in total. The van der Waals surface area contributed by atoms with Crippen LogP contribution in [0.1, 0.15) is 38.3 Å². The van der Waals surface area contributed by atoms with Crippen molar-refractivity contribution in [3.63, 3.8) is 0 Å². The van der Waals surface area contributed by atoms with E-state index in [-0.39, 0.29) is 6.04 Å². The van der Waals surface area contributed by atoms with Crippen molar-refractivity contribution in [3.8, 4) is 5.75 Å². The Bertz CT molecular complexity index is 339. The lowest BCUT2D eigenvalue weighted by Crippen LogP contribution is -2.11. The zero-order chi connectivity index (χ0) is 12.1. The molecule has 0 saturated heterocycles. The number of hydrogen-bond donors (Lipinski definition) is 1. The molecule has 0 heterocycles. The zero-order valence-corrected chi connectivity index (χ0v) is 10.9. The highest BCUT2D eigenvalue weighted by molar-refractivity contribution is 6.31. The van der Waals surface area contributed by atoms with Gasteiger partial charge in [-0.05, 0) is 36.5 Å². The highest BCUT2D eigenvalue weighted by atomic mass is 35.5. The van der Waals surface area contributed by atoms with E-state index in [4.69, 9.17) is 22.1 Å². The van der Waals surface area contributed by atoms with Gasteiger partial charge in [0.25, 0.3) is 0 Å². The summed E-state index contributed by atoms with van der Waals surface area (Å²) in [5.74, 6) is 1.44. The first-order valence-electron chi connectivity index (χ1n) is 5.63. The van der Waals surface area contributed by atoms with Crippen LogP contribution in [-0.4, -0.2) is 7.11 Å². The minimum Gasteiger partial charge on any atom is -0.497 e. The van der Waals surface area contributed by atoms with E-state index >= 15 is 0 Å². The lowest BCUT2D eigenvalue weighted by molar-refractivity contribution is 0.414. The monoisotopic (exact) mass is 241 g/mol. The second-order valence-electron chi connectivity index (χ2n) is 4.47. The van der Waals surface area contributed by atoms with Crippen LogP contribution >= 0.6 is 11.6 Å². The maximum absolute atomic E-state index is 6.16.